The Hall–Kier alpha value is -2.70. The highest BCUT2D eigenvalue weighted by Gasteiger charge is 2.14. The van der Waals surface area contributed by atoms with Crippen molar-refractivity contribution >= 4 is 33.9 Å². The number of benzene rings is 2. The Morgan fingerprint density at radius 1 is 1.19 bits per heavy atom. The molecule has 0 aliphatic carbocycles. The van der Waals surface area contributed by atoms with Crippen molar-refractivity contribution in [1.82, 2.24) is 9.88 Å². The third-order valence-corrected chi connectivity index (χ3v) is 4.79. The van der Waals surface area contributed by atoms with Gasteiger partial charge in [0.25, 0.3) is 5.56 Å². The first kappa shape index (κ1) is 19.1. The van der Waals surface area contributed by atoms with E-state index in [2.05, 4.69) is 16.4 Å². The summed E-state index contributed by atoms with van der Waals surface area (Å²) in [6.45, 7) is 4.64. The Labute approximate surface area is 163 Å². The number of aliphatic hydroxyl groups is 1. The van der Waals surface area contributed by atoms with Crippen LogP contribution in [0.3, 0.4) is 0 Å². The van der Waals surface area contributed by atoms with Crippen LogP contribution >= 0.6 is 12.2 Å². The van der Waals surface area contributed by atoms with Crippen molar-refractivity contribution in [2.45, 2.75) is 20.4 Å². The Kier molecular flexibility index (Phi) is 5.88. The van der Waals surface area contributed by atoms with Crippen molar-refractivity contribution in [3.8, 4) is 0 Å². The Bertz CT molecular complexity index is 1020. The third-order valence-electron chi connectivity index (χ3n) is 4.43. The van der Waals surface area contributed by atoms with Gasteiger partial charge in [0.2, 0.25) is 0 Å². The molecule has 140 valence electrons. The maximum Gasteiger partial charge on any atom is 0.253 e. The second-order valence-electron chi connectivity index (χ2n) is 6.61. The van der Waals surface area contributed by atoms with E-state index in [0.29, 0.717) is 23.8 Å². The molecule has 0 radical (unpaired) electrons. The molecule has 0 unspecified atom stereocenters. The number of hydrogen-bond donors (Lipinski definition) is 3. The van der Waals surface area contributed by atoms with Crippen molar-refractivity contribution in [1.29, 1.82) is 0 Å². The van der Waals surface area contributed by atoms with Crippen molar-refractivity contribution in [3.05, 3.63) is 75.6 Å². The first-order valence-electron chi connectivity index (χ1n) is 8.83. The number of para-hydroxylation sites is 1. The minimum atomic E-state index is -0.141. The average molecular weight is 382 g/mol. The van der Waals surface area contributed by atoms with Crippen molar-refractivity contribution in [3.63, 3.8) is 0 Å². The van der Waals surface area contributed by atoms with Crippen LogP contribution < -0.4 is 10.9 Å². The van der Waals surface area contributed by atoms with Gasteiger partial charge >= 0.3 is 0 Å². The number of aryl methyl sites for hydroxylation is 2. The number of fused-ring (bicyclic) bond motifs is 1. The van der Waals surface area contributed by atoms with Gasteiger partial charge in [0.1, 0.15) is 0 Å². The minimum Gasteiger partial charge on any atom is -0.395 e. The van der Waals surface area contributed by atoms with Gasteiger partial charge in [0, 0.05) is 28.7 Å². The van der Waals surface area contributed by atoms with Crippen LogP contribution in [0.1, 0.15) is 16.7 Å². The minimum absolute atomic E-state index is 0.0552. The zero-order chi connectivity index (χ0) is 19.4. The van der Waals surface area contributed by atoms with Gasteiger partial charge in [-0.2, -0.15) is 0 Å². The second-order valence-corrected chi connectivity index (χ2v) is 6.99. The summed E-state index contributed by atoms with van der Waals surface area (Å²) in [7, 11) is 0. The maximum atomic E-state index is 12.6. The predicted molar refractivity (Wildman–Crippen MR) is 114 cm³/mol. The van der Waals surface area contributed by atoms with Gasteiger partial charge in [-0.05, 0) is 61.5 Å². The Morgan fingerprint density at radius 3 is 2.63 bits per heavy atom. The average Bonchev–Trinajstić information content (AvgIpc) is 2.63. The molecule has 0 amide bonds. The lowest BCUT2D eigenvalue weighted by molar-refractivity contribution is 0.248. The number of nitrogens with one attached hydrogen (secondary N) is 2. The van der Waals surface area contributed by atoms with E-state index in [0.717, 1.165) is 27.7 Å². The number of nitrogens with zero attached hydrogens (tertiary/aromatic N) is 1. The smallest absolute Gasteiger partial charge is 0.253 e. The lowest BCUT2D eigenvalue weighted by Gasteiger charge is -2.25. The summed E-state index contributed by atoms with van der Waals surface area (Å²) >= 11 is 5.50. The third kappa shape index (κ3) is 4.53. The number of aromatic nitrogens is 1. The maximum absolute atomic E-state index is 12.6. The summed E-state index contributed by atoms with van der Waals surface area (Å²) < 4.78 is 0. The molecule has 0 atom stereocenters. The quantitative estimate of drug-likeness (QED) is 0.592. The van der Waals surface area contributed by atoms with E-state index in [4.69, 9.17) is 12.2 Å². The lowest BCUT2D eigenvalue weighted by atomic mass is 10.0. The van der Waals surface area contributed by atoms with E-state index < -0.39 is 0 Å². The van der Waals surface area contributed by atoms with E-state index in [1.165, 1.54) is 0 Å². The molecule has 0 aliphatic heterocycles. The Morgan fingerprint density at radius 2 is 1.93 bits per heavy atom. The summed E-state index contributed by atoms with van der Waals surface area (Å²) in [6.07, 6.45) is 0. The van der Waals surface area contributed by atoms with Crippen LogP contribution in [0.15, 0.2) is 53.3 Å². The van der Waals surface area contributed by atoms with Gasteiger partial charge in [0.05, 0.1) is 13.2 Å². The summed E-state index contributed by atoms with van der Waals surface area (Å²) in [6, 6.07) is 15.6. The molecule has 3 N–H and O–H groups in total. The predicted octanol–water partition coefficient (Wildman–Crippen LogP) is 3.34. The second kappa shape index (κ2) is 8.33. The number of pyridine rings is 1. The molecule has 27 heavy (non-hydrogen) atoms. The SMILES string of the molecule is Cc1cc(C)c2cc(CN(CCO)C(=S)Nc3ccccc3)c(=O)[nH]c2c1. The molecule has 0 spiro atoms. The summed E-state index contributed by atoms with van der Waals surface area (Å²) in [4.78, 5) is 17.3. The molecule has 1 aromatic heterocycles. The Balaban J connectivity index is 1.89. The summed E-state index contributed by atoms with van der Waals surface area (Å²) in [5.74, 6) is 0. The molecule has 3 rings (SSSR count). The highest BCUT2D eigenvalue weighted by molar-refractivity contribution is 7.80. The fourth-order valence-corrected chi connectivity index (χ4v) is 3.41. The van der Waals surface area contributed by atoms with Crippen LogP contribution in [-0.4, -0.2) is 33.3 Å². The van der Waals surface area contributed by atoms with Crippen molar-refractivity contribution in [2.75, 3.05) is 18.5 Å². The topological polar surface area (TPSA) is 68.4 Å². The van der Waals surface area contributed by atoms with Crippen molar-refractivity contribution in [2.24, 2.45) is 0 Å². The fraction of sp³-hybridized carbons (Fsp3) is 0.238. The molecular formula is C21H23N3O2S. The first-order valence-corrected chi connectivity index (χ1v) is 9.24. The van der Waals surface area contributed by atoms with E-state index in [-0.39, 0.29) is 12.2 Å². The van der Waals surface area contributed by atoms with E-state index in [1.807, 2.05) is 56.3 Å². The standard InChI is InChI=1S/C21H23N3O2S/c1-14-10-15(2)18-12-16(20(26)23-19(18)11-14)13-24(8-9-25)21(27)22-17-6-4-3-5-7-17/h3-7,10-12,25H,8-9,13H2,1-2H3,(H,22,27)(H,23,26). The van der Waals surface area contributed by atoms with Gasteiger partial charge < -0.3 is 20.3 Å². The number of aromatic amines is 1. The molecule has 5 nitrogen and oxygen atoms in total. The van der Waals surface area contributed by atoms with E-state index in [9.17, 15) is 9.90 Å². The number of thiocarbonyl (C=S) groups is 1. The first-order chi connectivity index (χ1) is 13.0. The van der Waals surface area contributed by atoms with Crippen LogP contribution in [0.4, 0.5) is 5.69 Å². The molecule has 0 fully saturated rings. The summed E-state index contributed by atoms with van der Waals surface area (Å²) in [5, 5.41) is 14.1. The number of H-pyrrole nitrogens is 1. The van der Waals surface area contributed by atoms with Crippen LogP contribution in [0.25, 0.3) is 10.9 Å². The highest BCUT2D eigenvalue weighted by atomic mass is 32.1. The van der Waals surface area contributed by atoms with Crippen LogP contribution in [-0.2, 0) is 6.54 Å². The lowest BCUT2D eigenvalue weighted by Crippen LogP contribution is -2.37. The molecule has 0 saturated carbocycles. The van der Waals surface area contributed by atoms with Gasteiger partial charge in [-0.15, -0.1) is 0 Å². The van der Waals surface area contributed by atoms with E-state index >= 15 is 0 Å². The molecule has 0 saturated heterocycles. The van der Waals surface area contributed by atoms with Gasteiger partial charge in [-0.25, -0.2) is 0 Å². The van der Waals surface area contributed by atoms with Gasteiger partial charge in [-0.1, -0.05) is 24.3 Å². The monoisotopic (exact) mass is 381 g/mol. The van der Waals surface area contributed by atoms with Crippen LogP contribution in [0.5, 0.6) is 0 Å². The highest BCUT2D eigenvalue weighted by Crippen LogP contribution is 2.19. The normalized spacial score (nSPS) is 10.8. The van der Waals surface area contributed by atoms with Gasteiger partial charge in [-0.3, -0.25) is 4.79 Å². The van der Waals surface area contributed by atoms with Crippen LogP contribution in [0, 0.1) is 13.8 Å². The largest absolute Gasteiger partial charge is 0.395 e. The van der Waals surface area contributed by atoms with Crippen LogP contribution in [0.2, 0.25) is 0 Å². The molecular weight excluding hydrogens is 358 g/mol. The zero-order valence-electron chi connectivity index (χ0n) is 15.5. The molecule has 0 bridgehead atoms. The number of rotatable bonds is 5. The summed E-state index contributed by atoms with van der Waals surface area (Å²) in [5.41, 5.74) is 4.39. The molecule has 1 heterocycles. The molecule has 6 heteroatoms. The zero-order valence-corrected chi connectivity index (χ0v) is 16.3. The van der Waals surface area contributed by atoms with Gasteiger partial charge in [0.15, 0.2) is 5.11 Å². The van der Waals surface area contributed by atoms with E-state index in [1.54, 1.807) is 4.90 Å². The molecule has 2 aromatic carbocycles. The molecule has 0 aliphatic rings. The number of hydrogen-bond acceptors (Lipinski definition) is 3. The fourth-order valence-electron chi connectivity index (χ4n) is 3.14. The number of aliphatic hydroxyl groups excluding tert-OH is 1. The van der Waals surface area contributed by atoms with Crippen molar-refractivity contribution < 1.29 is 5.11 Å². The molecule has 3 aromatic rings. The number of anilines is 1.